The Morgan fingerprint density at radius 1 is 1.29 bits per heavy atom. The molecule has 2 N–H and O–H groups in total. The van der Waals surface area contributed by atoms with E-state index in [2.05, 4.69) is 27.5 Å². The van der Waals surface area contributed by atoms with Gasteiger partial charge in [-0.15, -0.1) is 11.3 Å². The molecule has 0 atom stereocenters. The summed E-state index contributed by atoms with van der Waals surface area (Å²) >= 11 is 1.76. The average Bonchev–Trinajstić information content (AvgIpc) is 2.93. The number of rotatable bonds is 3. The third-order valence-corrected chi connectivity index (χ3v) is 3.63. The van der Waals surface area contributed by atoms with Gasteiger partial charge < -0.3 is 5.73 Å². The Balaban J connectivity index is 1.92. The van der Waals surface area contributed by atoms with Crippen LogP contribution in [0.4, 0.5) is 5.95 Å². The molecule has 5 heteroatoms. The molecule has 0 unspecified atom stereocenters. The maximum Gasteiger partial charge on any atom is 0.202 e. The smallest absolute Gasteiger partial charge is 0.202 e. The van der Waals surface area contributed by atoms with Crippen LogP contribution in [0.5, 0.6) is 0 Å². The lowest BCUT2D eigenvalue weighted by Gasteiger charge is -2.03. The van der Waals surface area contributed by atoms with Crippen LogP contribution in [-0.4, -0.2) is 14.5 Å². The largest absolute Gasteiger partial charge is 0.369 e. The summed E-state index contributed by atoms with van der Waals surface area (Å²) in [5.41, 5.74) is 7.63. The van der Waals surface area contributed by atoms with Crippen LogP contribution in [0.2, 0.25) is 0 Å². The van der Waals surface area contributed by atoms with Crippen molar-refractivity contribution in [1.82, 2.24) is 14.5 Å². The van der Waals surface area contributed by atoms with Gasteiger partial charge in [-0.1, -0.05) is 6.07 Å². The highest BCUT2D eigenvalue weighted by Gasteiger charge is 2.08. The van der Waals surface area contributed by atoms with E-state index in [1.165, 1.54) is 4.88 Å². The molecule has 0 spiro atoms. The highest BCUT2D eigenvalue weighted by molar-refractivity contribution is 7.09. The molecule has 0 amide bonds. The number of pyridine rings is 1. The second-order valence-corrected chi connectivity index (χ2v) is 4.83. The molecule has 0 aromatic carbocycles. The summed E-state index contributed by atoms with van der Waals surface area (Å²) in [4.78, 5) is 9.97. The number of nitrogens with zero attached hydrogens (tertiary/aromatic N) is 3. The number of hydrogen-bond donors (Lipinski definition) is 1. The van der Waals surface area contributed by atoms with Crippen molar-refractivity contribution in [1.29, 1.82) is 0 Å². The topological polar surface area (TPSA) is 56.7 Å². The van der Waals surface area contributed by atoms with Crippen molar-refractivity contribution in [2.45, 2.75) is 13.0 Å². The van der Waals surface area contributed by atoms with Crippen LogP contribution in [0.3, 0.4) is 0 Å². The first-order valence-electron chi connectivity index (χ1n) is 5.44. The molecule has 0 saturated heterocycles. The Morgan fingerprint density at radius 2 is 2.24 bits per heavy atom. The van der Waals surface area contributed by atoms with E-state index in [9.17, 15) is 0 Å². The van der Waals surface area contributed by atoms with Crippen LogP contribution in [-0.2, 0) is 13.0 Å². The van der Waals surface area contributed by atoms with Crippen LogP contribution < -0.4 is 5.73 Å². The van der Waals surface area contributed by atoms with Gasteiger partial charge in [-0.3, -0.25) is 4.57 Å². The summed E-state index contributed by atoms with van der Waals surface area (Å²) in [6.07, 6.45) is 2.73. The molecule has 0 aliphatic rings. The highest BCUT2D eigenvalue weighted by Crippen LogP contribution is 2.17. The molecule has 3 rings (SSSR count). The van der Waals surface area contributed by atoms with Gasteiger partial charge in [-0.05, 0) is 30.0 Å². The summed E-state index contributed by atoms with van der Waals surface area (Å²) in [7, 11) is 0. The number of imidazole rings is 1. The molecule has 4 nitrogen and oxygen atoms in total. The number of aryl methyl sites for hydroxylation is 2. The van der Waals surface area contributed by atoms with E-state index in [1.54, 1.807) is 17.5 Å². The third kappa shape index (κ3) is 1.89. The van der Waals surface area contributed by atoms with Crippen LogP contribution in [0.1, 0.15) is 4.88 Å². The average molecular weight is 244 g/mol. The minimum atomic E-state index is 0.537. The van der Waals surface area contributed by atoms with Crippen molar-refractivity contribution >= 4 is 28.4 Å². The van der Waals surface area contributed by atoms with Crippen molar-refractivity contribution in [3.05, 3.63) is 40.7 Å². The Morgan fingerprint density at radius 3 is 3.06 bits per heavy atom. The van der Waals surface area contributed by atoms with E-state index >= 15 is 0 Å². The van der Waals surface area contributed by atoms with E-state index in [-0.39, 0.29) is 0 Å². The number of nitrogens with two attached hydrogens (primary N) is 1. The van der Waals surface area contributed by atoms with Crippen molar-refractivity contribution in [2.24, 2.45) is 0 Å². The van der Waals surface area contributed by atoms with E-state index < -0.39 is 0 Å². The minimum absolute atomic E-state index is 0.537. The summed E-state index contributed by atoms with van der Waals surface area (Å²) in [6, 6.07) is 8.00. The Kier molecular flexibility index (Phi) is 2.53. The first-order chi connectivity index (χ1) is 8.34. The van der Waals surface area contributed by atoms with Gasteiger partial charge in [0.25, 0.3) is 0 Å². The lowest BCUT2D eigenvalue weighted by Crippen LogP contribution is -2.05. The van der Waals surface area contributed by atoms with Crippen molar-refractivity contribution in [3.8, 4) is 0 Å². The number of nitrogen functional groups attached to an aromatic ring is 1. The summed E-state index contributed by atoms with van der Waals surface area (Å²) in [6.45, 7) is 0.819. The highest BCUT2D eigenvalue weighted by atomic mass is 32.1. The molecule has 0 aliphatic heterocycles. The fraction of sp³-hybridized carbons (Fsp3) is 0.167. The van der Waals surface area contributed by atoms with Gasteiger partial charge in [0.15, 0.2) is 5.65 Å². The molecule has 0 fully saturated rings. The summed E-state index contributed by atoms with van der Waals surface area (Å²) in [5, 5.41) is 2.09. The second-order valence-electron chi connectivity index (χ2n) is 3.80. The summed E-state index contributed by atoms with van der Waals surface area (Å²) in [5.74, 6) is 0.537. The lowest BCUT2D eigenvalue weighted by molar-refractivity contribution is 0.726. The normalized spacial score (nSPS) is 11.1. The molecule has 3 aromatic heterocycles. The number of anilines is 1. The van der Waals surface area contributed by atoms with Crippen LogP contribution >= 0.6 is 11.3 Å². The molecule has 0 aliphatic carbocycles. The monoisotopic (exact) mass is 244 g/mol. The van der Waals surface area contributed by atoms with Gasteiger partial charge in [0.05, 0.1) is 0 Å². The van der Waals surface area contributed by atoms with Crippen molar-refractivity contribution < 1.29 is 0 Å². The Labute approximate surface area is 103 Å². The zero-order valence-corrected chi connectivity index (χ0v) is 10.0. The minimum Gasteiger partial charge on any atom is -0.369 e. The number of thiophene rings is 1. The zero-order valence-electron chi connectivity index (χ0n) is 9.21. The van der Waals surface area contributed by atoms with Crippen molar-refractivity contribution in [3.63, 3.8) is 0 Å². The summed E-state index contributed by atoms with van der Waals surface area (Å²) < 4.78 is 1.97. The Bertz CT molecular complexity index is 627. The fourth-order valence-corrected chi connectivity index (χ4v) is 2.57. The maximum absolute atomic E-state index is 5.91. The predicted molar refractivity (Wildman–Crippen MR) is 70.0 cm³/mol. The van der Waals surface area contributed by atoms with Gasteiger partial charge in [-0.2, -0.15) is 0 Å². The van der Waals surface area contributed by atoms with Gasteiger partial charge in [0.1, 0.15) is 5.52 Å². The zero-order chi connectivity index (χ0) is 11.7. The SMILES string of the molecule is Nc1nc2cccnc2n1CCc1cccs1. The predicted octanol–water partition coefficient (Wildman–Crippen LogP) is 2.32. The second kappa shape index (κ2) is 4.18. The van der Waals surface area contributed by atoms with Crippen LogP contribution in [0.25, 0.3) is 11.2 Å². The Hall–Kier alpha value is -1.88. The first kappa shape index (κ1) is 10.3. The number of fused-ring (bicyclic) bond motifs is 1. The maximum atomic E-state index is 5.91. The number of aromatic nitrogens is 3. The molecule has 3 heterocycles. The lowest BCUT2D eigenvalue weighted by atomic mass is 10.3. The molecule has 0 saturated carbocycles. The van der Waals surface area contributed by atoms with E-state index in [1.807, 2.05) is 16.7 Å². The van der Waals surface area contributed by atoms with Gasteiger partial charge >= 0.3 is 0 Å². The van der Waals surface area contributed by atoms with Crippen molar-refractivity contribution in [2.75, 3.05) is 5.73 Å². The van der Waals surface area contributed by atoms with Crippen LogP contribution in [0.15, 0.2) is 35.8 Å². The standard InChI is InChI=1S/C12H12N4S/c13-12-15-10-4-1-6-14-11(10)16(12)7-5-9-3-2-8-17-9/h1-4,6,8H,5,7H2,(H2,13,15). The van der Waals surface area contributed by atoms with E-state index in [0.717, 1.165) is 24.1 Å². The quantitative estimate of drug-likeness (QED) is 0.769. The van der Waals surface area contributed by atoms with E-state index in [0.29, 0.717) is 5.95 Å². The molecule has 0 radical (unpaired) electrons. The third-order valence-electron chi connectivity index (χ3n) is 2.70. The first-order valence-corrected chi connectivity index (χ1v) is 6.31. The van der Waals surface area contributed by atoms with Gasteiger partial charge in [0, 0.05) is 17.6 Å². The molecule has 86 valence electrons. The van der Waals surface area contributed by atoms with Crippen LogP contribution in [0, 0.1) is 0 Å². The fourth-order valence-electron chi connectivity index (χ4n) is 1.87. The van der Waals surface area contributed by atoms with Gasteiger partial charge in [-0.25, -0.2) is 9.97 Å². The molecular weight excluding hydrogens is 232 g/mol. The van der Waals surface area contributed by atoms with E-state index in [4.69, 9.17) is 5.73 Å². The molecule has 0 bridgehead atoms. The number of hydrogen-bond acceptors (Lipinski definition) is 4. The molecule has 3 aromatic rings. The van der Waals surface area contributed by atoms with Gasteiger partial charge in [0.2, 0.25) is 5.95 Å². The molecule has 17 heavy (non-hydrogen) atoms. The molecular formula is C12H12N4S.